The van der Waals surface area contributed by atoms with Crippen molar-refractivity contribution in [2.45, 2.75) is 32.2 Å². The molecule has 3 aromatic rings. The van der Waals surface area contributed by atoms with E-state index in [2.05, 4.69) is 26.6 Å². The predicted molar refractivity (Wildman–Crippen MR) is 107 cm³/mol. The molecule has 0 bridgehead atoms. The maximum Gasteiger partial charge on any atom is 0.199 e. The minimum absolute atomic E-state index is 0.183. The second-order valence-corrected chi connectivity index (χ2v) is 7.27. The molecule has 1 aromatic carbocycles. The Labute approximate surface area is 163 Å². The molecule has 1 saturated heterocycles. The van der Waals surface area contributed by atoms with E-state index in [0.29, 0.717) is 18.0 Å². The molecule has 0 atom stereocenters. The van der Waals surface area contributed by atoms with E-state index in [-0.39, 0.29) is 6.10 Å². The fourth-order valence-electron chi connectivity index (χ4n) is 3.41. The van der Waals surface area contributed by atoms with Crippen molar-refractivity contribution in [2.24, 2.45) is 0 Å². The van der Waals surface area contributed by atoms with Gasteiger partial charge < -0.3 is 5.11 Å². The van der Waals surface area contributed by atoms with Crippen LogP contribution in [0.5, 0.6) is 0 Å². The Morgan fingerprint density at radius 3 is 2.44 bits per heavy atom. The molecule has 140 valence electrons. The van der Waals surface area contributed by atoms with Crippen LogP contribution in [-0.2, 0) is 13.2 Å². The highest BCUT2D eigenvalue weighted by molar-refractivity contribution is 7.71. The molecule has 3 heterocycles. The Morgan fingerprint density at radius 2 is 1.74 bits per heavy atom. The Morgan fingerprint density at radius 1 is 1.04 bits per heavy atom. The number of aromatic nitrogens is 4. The van der Waals surface area contributed by atoms with Crippen LogP contribution >= 0.6 is 12.2 Å². The zero-order valence-electron chi connectivity index (χ0n) is 15.1. The van der Waals surface area contributed by atoms with Crippen LogP contribution in [0.25, 0.3) is 11.4 Å². The van der Waals surface area contributed by atoms with Gasteiger partial charge in [-0.15, -0.1) is 0 Å². The largest absolute Gasteiger partial charge is 0.393 e. The summed E-state index contributed by atoms with van der Waals surface area (Å²) in [6.07, 6.45) is 4.97. The fourth-order valence-corrected chi connectivity index (χ4v) is 3.66. The van der Waals surface area contributed by atoms with Crippen molar-refractivity contribution >= 4 is 12.2 Å². The lowest BCUT2D eigenvalue weighted by atomic mass is 10.1. The van der Waals surface area contributed by atoms with Crippen molar-refractivity contribution in [1.82, 2.24) is 24.2 Å². The summed E-state index contributed by atoms with van der Waals surface area (Å²) in [5, 5.41) is 14.6. The highest BCUT2D eigenvalue weighted by Crippen LogP contribution is 2.20. The van der Waals surface area contributed by atoms with Crippen LogP contribution in [0.4, 0.5) is 0 Å². The van der Waals surface area contributed by atoms with Gasteiger partial charge in [-0.1, -0.05) is 30.3 Å². The molecule has 0 spiro atoms. The average molecular weight is 382 g/mol. The van der Waals surface area contributed by atoms with E-state index in [1.54, 1.807) is 12.4 Å². The zero-order chi connectivity index (χ0) is 18.6. The molecule has 6 nitrogen and oxygen atoms in total. The maximum absolute atomic E-state index is 9.73. The Balaban J connectivity index is 1.67. The molecular formula is C20H23N5OS. The highest BCUT2D eigenvalue weighted by Gasteiger charge is 2.19. The van der Waals surface area contributed by atoms with E-state index >= 15 is 0 Å². The van der Waals surface area contributed by atoms with Crippen molar-refractivity contribution < 1.29 is 5.11 Å². The van der Waals surface area contributed by atoms with E-state index in [9.17, 15) is 5.11 Å². The third-order valence-electron chi connectivity index (χ3n) is 4.94. The van der Waals surface area contributed by atoms with E-state index in [1.807, 2.05) is 35.0 Å². The Bertz CT molecular complexity index is 930. The van der Waals surface area contributed by atoms with Gasteiger partial charge in [0.1, 0.15) is 0 Å². The summed E-state index contributed by atoms with van der Waals surface area (Å²) in [5.41, 5.74) is 2.18. The first-order chi connectivity index (χ1) is 13.2. The van der Waals surface area contributed by atoms with Crippen molar-refractivity contribution in [3.63, 3.8) is 0 Å². The standard InChI is InChI=1S/C20H23N5OS/c26-18-8-12-23(13-9-18)15-25-20(27)24(14-16-4-2-1-3-5-16)19(22-25)17-6-10-21-11-7-17/h1-7,10-11,18,26H,8-9,12-15H2. The molecule has 0 unspecified atom stereocenters. The maximum atomic E-state index is 9.73. The normalized spacial score (nSPS) is 15.9. The third-order valence-corrected chi connectivity index (χ3v) is 5.37. The molecule has 2 aromatic heterocycles. The summed E-state index contributed by atoms with van der Waals surface area (Å²) in [4.78, 5) is 6.40. The van der Waals surface area contributed by atoms with Crippen LogP contribution < -0.4 is 0 Å². The SMILES string of the molecule is OC1CCN(Cn2nc(-c3ccncc3)n(Cc3ccccc3)c2=S)CC1. The minimum atomic E-state index is -0.183. The first kappa shape index (κ1) is 18.0. The van der Waals surface area contributed by atoms with Gasteiger partial charge in [-0.3, -0.25) is 14.5 Å². The average Bonchev–Trinajstić information content (AvgIpc) is 3.01. The van der Waals surface area contributed by atoms with Crippen LogP contribution in [0.1, 0.15) is 18.4 Å². The first-order valence-corrected chi connectivity index (χ1v) is 9.64. The smallest absolute Gasteiger partial charge is 0.199 e. The molecule has 1 N–H and O–H groups in total. The zero-order valence-corrected chi connectivity index (χ0v) is 15.9. The van der Waals surface area contributed by atoms with Crippen molar-refractivity contribution in [3.8, 4) is 11.4 Å². The van der Waals surface area contributed by atoms with Gasteiger partial charge in [0.25, 0.3) is 0 Å². The second kappa shape index (κ2) is 8.12. The minimum Gasteiger partial charge on any atom is -0.393 e. The quantitative estimate of drug-likeness (QED) is 0.689. The fraction of sp³-hybridized carbons (Fsp3) is 0.350. The van der Waals surface area contributed by atoms with Crippen molar-refractivity contribution in [3.05, 3.63) is 65.2 Å². The number of benzene rings is 1. The highest BCUT2D eigenvalue weighted by atomic mass is 32.1. The number of pyridine rings is 1. The molecule has 27 heavy (non-hydrogen) atoms. The van der Waals surface area contributed by atoms with E-state index < -0.39 is 0 Å². The summed E-state index contributed by atoms with van der Waals surface area (Å²) in [7, 11) is 0. The Kier molecular flexibility index (Phi) is 5.42. The molecule has 0 amide bonds. The van der Waals surface area contributed by atoms with Crippen LogP contribution in [0, 0.1) is 4.77 Å². The van der Waals surface area contributed by atoms with Crippen LogP contribution in [0.2, 0.25) is 0 Å². The number of likely N-dealkylation sites (tertiary alicyclic amines) is 1. The summed E-state index contributed by atoms with van der Waals surface area (Å²) >= 11 is 5.78. The van der Waals surface area contributed by atoms with Crippen LogP contribution in [0.15, 0.2) is 54.9 Å². The van der Waals surface area contributed by atoms with Gasteiger partial charge >= 0.3 is 0 Å². The number of hydrogen-bond donors (Lipinski definition) is 1. The summed E-state index contributed by atoms with van der Waals surface area (Å²) in [6, 6.07) is 14.2. The molecule has 0 aliphatic carbocycles. The number of aliphatic hydroxyl groups excluding tert-OH is 1. The lowest BCUT2D eigenvalue weighted by molar-refractivity contribution is 0.0650. The topological polar surface area (TPSA) is 59.1 Å². The molecular weight excluding hydrogens is 358 g/mol. The lowest BCUT2D eigenvalue weighted by Crippen LogP contribution is -2.37. The van der Waals surface area contributed by atoms with Gasteiger partial charge in [-0.05, 0) is 42.8 Å². The number of piperidine rings is 1. The number of nitrogens with zero attached hydrogens (tertiary/aromatic N) is 5. The third kappa shape index (κ3) is 4.16. The second-order valence-electron chi connectivity index (χ2n) is 6.90. The number of hydrogen-bond acceptors (Lipinski definition) is 5. The molecule has 0 radical (unpaired) electrons. The number of rotatable bonds is 5. The summed E-state index contributed by atoms with van der Waals surface area (Å²) < 4.78 is 4.68. The van der Waals surface area contributed by atoms with Crippen molar-refractivity contribution in [1.29, 1.82) is 0 Å². The van der Waals surface area contributed by atoms with Gasteiger partial charge in [0.2, 0.25) is 0 Å². The molecule has 4 rings (SSSR count). The number of aliphatic hydroxyl groups is 1. The summed E-state index contributed by atoms with van der Waals surface area (Å²) in [5.74, 6) is 0.850. The molecule has 1 aliphatic rings. The Hall–Kier alpha value is -2.35. The first-order valence-electron chi connectivity index (χ1n) is 9.23. The van der Waals surface area contributed by atoms with Crippen LogP contribution in [-0.4, -0.2) is 48.5 Å². The van der Waals surface area contributed by atoms with Crippen molar-refractivity contribution in [2.75, 3.05) is 13.1 Å². The molecule has 1 fully saturated rings. The van der Waals surface area contributed by atoms with E-state index in [0.717, 1.165) is 37.3 Å². The van der Waals surface area contributed by atoms with Crippen LogP contribution in [0.3, 0.4) is 0 Å². The van der Waals surface area contributed by atoms with Gasteiger partial charge in [0.15, 0.2) is 10.6 Å². The van der Waals surface area contributed by atoms with Gasteiger partial charge in [0.05, 0.1) is 19.3 Å². The van der Waals surface area contributed by atoms with E-state index in [4.69, 9.17) is 17.3 Å². The monoisotopic (exact) mass is 381 g/mol. The van der Waals surface area contributed by atoms with Gasteiger partial charge in [0, 0.05) is 31.0 Å². The molecule has 1 aliphatic heterocycles. The van der Waals surface area contributed by atoms with E-state index in [1.165, 1.54) is 5.56 Å². The summed E-state index contributed by atoms with van der Waals surface area (Å²) in [6.45, 7) is 3.04. The predicted octanol–water partition coefficient (Wildman–Crippen LogP) is 2.94. The van der Waals surface area contributed by atoms with Gasteiger partial charge in [-0.25, -0.2) is 4.68 Å². The molecule has 0 saturated carbocycles. The lowest BCUT2D eigenvalue weighted by Gasteiger charge is -2.28. The van der Waals surface area contributed by atoms with Gasteiger partial charge in [-0.2, -0.15) is 5.10 Å². The molecule has 7 heteroatoms.